The maximum absolute atomic E-state index is 14.5. The number of ether oxygens (including phenoxy) is 1. The van der Waals surface area contributed by atoms with Crippen molar-refractivity contribution < 1.29 is 31.1 Å². The SMILES string of the molecule is CSNCC(Nc1ncc(-c2nnc(C(F)F)o2)cn1)c1ccc(OC(F)F)cc1F. The highest BCUT2D eigenvalue weighted by molar-refractivity contribution is 7.96. The van der Waals surface area contributed by atoms with E-state index in [-0.39, 0.29) is 35.3 Å². The molecule has 0 aliphatic carbocycles. The molecule has 14 heteroatoms. The maximum Gasteiger partial charge on any atom is 0.387 e. The first-order valence-electron chi connectivity index (χ1n) is 8.58. The van der Waals surface area contributed by atoms with Crippen molar-refractivity contribution in [1.29, 1.82) is 0 Å². The van der Waals surface area contributed by atoms with E-state index in [9.17, 15) is 22.0 Å². The summed E-state index contributed by atoms with van der Waals surface area (Å²) < 4.78 is 76.3. The van der Waals surface area contributed by atoms with Crippen LogP contribution in [0.25, 0.3) is 11.5 Å². The van der Waals surface area contributed by atoms with E-state index >= 15 is 0 Å². The van der Waals surface area contributed by atoms with Gasteiger partial charge in [0.25, 0.3) is 11.8 Å². The van der Waals surface area contributed by atoms with Gasteiger partial charge in [-0.1, -0.05) is 18.0 Å². The first-order chi connectivity index (χ1) is 14.9. The van der Waals surface area contributed by atoms with Crippen LogP contribution in [-0.4, -0.2) is 39.6 Å². The van der Waals surface area contributed by atoms with Gasteiger partial charge in [0, 0.05) is 30.6 Å². The van der Waals surface area contributed by atoms with Gasteiger partial charge in [-0.2, -0.15) is 17.6 Å². The van der Waals surface area contributed by atoms with Crippen LogP contribution in [0, 0.1) is 5.82 Å². The molecule has 0 spiro atoms. The van der Waals surface area contributed by atoms with Crippen LogP contribution < -0.4 is 14.8 Å². The molecule has 3 aromatic rings. The number of hydrogen-bond acceptors (Lipinski definition) is 9. The average Bonchev–Trinajstić information content (AvgIpc) is 3.22. The smallest absolute Gasteiger partial charge is 0.387 e. The summed E-state index contributed by atoms with van der Waals surface area (Å²) >= 11 is 1.29. The van der Waals surface area contributed by atoms with E-state index in [1.165, 1.54) is 36.5 Å². The van der Waals surface area contributed by atoms with Gasteiger partial charge in [-0.05, 0) is 12.3 Å². The number of rotatable bonds is 10. The van der Waals surface area contributed by atoms with Crippen molar-refractivity contribution in [3.63, 3.8) is 0 Å². The topological polar surface area (TPSA) is 98.0 Å². The zero-order chi connectivity index (χ0) is 22.4. The Morgan fingerprint density at radius 2 is 1.87 bits per heavy atom. The fourth-order valence-electron chi connectivity index (χ4n) is 2.48. The molecule has 1 aromatic carbocycles. The average molecular weight is 462 g/mol. The largest absolute Gasteiger partial charge is 0.435 e. The van der Waals surface area contributed by atoms with Gasteiger partial charge in [0.1, 0.15) is 11.6 Å². The number of hydrogen-bond donors (Lipinski definition) is 2. The Bertz CT molecular complexity index is 991. The molecule has 0 saturated carbocycles. The third kappa shape index (κ3) is 6.01. The van der Waals surface area contributed by atoms with Crippen LogP contribution in [0.1, 0.15) is 23.9 Å². The van der Waals surface area contributed by atoms with Crippen molar-refractivity contribution in [3.05, 3.63) is 47.9 Å². The lowest BCUT2D eigenvalue weighted by molar-refractivity contribution is -0.0500. The van der Waals surface area contributed by atoms with Crippen molar-refractivity contribution in [2.45, 2.75) is 19.1 Å². The van der Waals surface area contributed by atoms with Crippen LogP contribution in [-0.2, 0) is 0 Å². The van der Waals surface area contributed by atoms with Gasteiger partial charge in [-0.3, -0.25) is 4.72 Å². The highest BCUT2D eigenvalue weighted by Crippen LogP contribution is 2.26. The van der Waals surface area contributed by atoms with Crippen LogP contribution in [0.5, 0.6) is 5.75 Å². The Morgan fingerprint density at radius 1 is 1.13 bits per heavy atom. The molecule has 31 heavy (non-hydrogen) atoms. The Labute approximate surface area is 176 Å². The number of nitrogens with one attached hydrogen (secondary N) is 2. The minimum absolute atomic E-state index is 0.0950. The molecule has 2 aromatic heterocycles. The number of aromatic nitrogens is 4. The zero-order valence-electron chi connectivity index (χ0n) is 15.7. The molecule has 1 unspecified atom stereocenters. The van der Waals surface area contributed by atoms with Gasteiger partial charge < -0.3 is 14.5 Å². The fourth-order valence-corrected chi connectivity index (χ4v) is 2.81. The summed E-state index contributed by atoms with van der Waals surface area (Å²) in [4.78, 5) is 8.10. The van der Waals surface area contributed by atoms with Gasteiger partial charge in [0.2, 0.25) is 5.95 Å². The Morgan fingerprint density at radius 3 is 2.45 bits per heavy atom. The van der Waals surface area contributed by atoms with Crippen LogP contribution >= 0.6 is 11.9 Å². The van der Waals surface area contributed by atoms with E-state index in [0.717, 1.165) is 6.07 Å². The first-order valence-corrected chi connectivity index (χ1v) is 9.80. The predicted molar refractivity (Wildman–Crippen MR) is 101 cm³/mol. The van der Waals surface area contributed by atoms with E-state index in [0.29, 0.717) is 0 Å². The Kier molecular flexibility index (Phi) is 7.57. The predicted octanol–water partition coefficient (Wildman–Crippen LogP) is 4.23. The van der Waals surface area contributed by atoms with Crippen molar-refractivity contribution >= 4 is 17.9 Å². The summed E-state index contributed by atoms with van der Waals surface area (Å²) in [5.74, 6) is -1.98. The summed E-state index contributed by atoms with van der Waals surface area (Å²) in [5, 5.41) is 9.65. The molecular weight excluding hydrogens is 447 g/mol. The molecule has 8 nitrogen and oxygen atoms in total. The van der Waals surface area contributed by atoms with Crippen LogP contribution in [0.15, 0.2) is 35.0 Å². The highest BCUT2D eigenvalue weighted by Gasteiger charge is 2.20. The Hall–Kier alpha value is -3.00. The van der Waals surface area contributed by atoms with Crippen LogP contribution in [0.3, 0.4) is 0 Å². The zero-order valence-corrected chi connectivity index (χ0v) is 16.5. The molecule has 0 amide bonds. The number of anilines is 1. The monoisotopic (exact) mass is 462 g/mol. The van der Waals surface area contributed by atoms with E-state index in [1.807, 2.05) is 0 Å². The molecule has 3 rings (SSSR count). The minimum Gasteiger partial charge on any atom is -0.435 e. The summed E-state index contributed by atoms with van der Waals surface area (Å²) in [5.41, 5.74) is 0.373. The molecular formula is C17H15F5N6O2S. The lowest BCUT2D eigenvalue weighted by Crippen LogP contribution is -2.24. The summed E-state index contributed by atoms with van der Waals surface area (Å²) in [6, 6.07) is 2.71. The van der Waals surface area contributed by atoms with Crippen LogP contribution in [0.4, 0.5) is 27.9 Å². The quantitative estimate of drug-likeness (QED) is 0.339. The van der Waals surface area contributed by atoms with Gasteiger partial charge in [-0.15, -0.1) is 10.2 Å². The minimum atomic E-state index is -3.07. The molecule has 2 heterocycles. The third-order valence-electron chi connectivity index (χ3n) is 3.83. The van der Waals surface area contributed by atoms with Gasteiger partial charge in [0.15, 0.2) is 0 Å². The third-order valence-corrected chi connectivity index (χ3v) is 4.29. The normalized spacial score (nSPS) is 12.4. The molecule has 0 aliphatic heterocycles. The van der Waals surface area contributed by atoms with Gasteiger partial charge in [0.05, 0.1) is 11.6 Å². The summed E-state index contributed by atoms with van der Waals surface area (Å²) in [6.07, 6.45) is 1.41. The molecule has 0 saturated heterocycles. The molecule has 1 atom stereocenters. The van der Waals surface area contributed by atoms with Crippen molar-refractivity contribution in [2.75, 3.05) is 18.1 Å². The van der Waals surface area contributed by atoms with Crippen molar-refractivity contribution in [2.24, 2.45) is 0 Å². The number of halogens is 5. The highest BCUT2D eigenvalue weighted by atomic mass is 32.2. The van der Waals surface area contributed by atoms with Gasteiger partial charge >= 0.3 is 13.0 Å². The lowest BCUT2D eigenvalue weighted by Gasteiger charge is -2.20. The number of benzene rings is 1. The summed E-state index contributed by atoms with van der Waals surface area (Å²) in [6.45, 7) is -2.83. The second-order valence-corrected chi connectivity index (χ2v) is 6.55. The number of nitrogens with zero attached hydrogens (tertiary/aromatic N) is 4. The van der Waals surface area contributed by atoms with E-state index in [4.69, 9.17) is 4.42 Å². The second kappa shape index (κ2) is 10.3. The molecule has 0 radical (unpaired) electrons. The van der Waals surface area contributed by atoms with Gasteiger partial charge in [-0.25, -0.2) is 14.4 Å². The maximum atomic E-state index is 14.5. The molecule has 2 N–H and O–H groups in total. The van der Waals surface area contributed by atoms with E-state index < -0.39 is 30.8 Å². The van der Waals surface area contributed by atoms with Crippen molar-refractivity contribution in [1.82, 2.24) is 24.9 Å². The number of alkyl halides is 4. The molecule has 0 fully saturated rings. The molecule has 0 aliphatic rings. The van der Waals surface area contributed by atoms with E-state index in [1.54, 1.807) is 6.26 Å². The molecule has 166 valence electrons. The Balaban J connectivity index is 1.77. The first kappa shape index (κ1) is 22.7. The lowest BCUT2D eigenvalue weighted by atomic mass is 10.1. The summed E-state index contributed by atoms with van der Waals surface area (Å²) in [7, 11) is 0. The standard InChI is InChI=1S/C17H15F5N6O2S/c1-31-25-7-12(10-3-2-9(4-11(10)18)29-16(21)22)26-17-23-5-8(6-24-17)14-27-28-15(30-14)13(19)20/h2-6,12-13,16,25H,7H2,1H3,(H,23,24,26). The van der Waals surface area contributed by atoms with Crippen molar-refractivity contribution in [3.8, 4) is 17.2 Å². The second-order valence-electron chi connectivity index (χ2n) is 5.85. The fraction of sp³-hybridized carbons (Fsp3) is 0.294. The van der Waals surface area contributed by atoms with Crippen LogP contribution in [0.2, 0.25) is 0 Å². The molecule has 0 bridgehead atoms. The van der Waals surface area contributed by atoms with E-state index in [2.05, 4.69) is 34.9 Å².